The summed E-state index contributed by atoms with van der Waals surface area (Å²) in [4.78, 5) is 18.5. The van der Waals surface area contributed by atoms with E-state index in [-0.39, 0.29) is 5.91 Å². The van der Waals surface area contributed by atoms with Gasteiger partial charge in [-0.3, -0.25) is 9.36 Å². The van der Waals surface area contributed by atoms with Crippen molar-refractivity contribution < 1.29 is 4.79 Å². The molecule has 2 aromatic carbocycles. The van der Waals surface area contributed by atoms with Crippen molar-refractivity contribution in [1.29, 1.82) is 0 Å². The zero-order valence-electron chi connectivity index (χ0n) is 13.0. The second-order valence-corrected chi connectivity index (χ2v) is 6.14. The largest absolute Gasteiger partial charge is 0.336 e. The summed E-state index contributed by atoms with van der Waals surface area (Å²) in [6.45, 7) is 0.359. The van der Waals surface area contributed by atoms with Crippen LogP contribution < -0.4 is 0 Å². The fourth-order valence-electron chi connectivity index (χ4n) is 2.44. The Morgan fingerprint density at radius 2 is 1.88 bits per heavy atom. The molecule has 0 spiro atoms. The molecule has 0 aliphatic carbocycles. The van der Waals surface area contributed by atoms with Gasteiger partial charge in [0.15, 0.2) is 0 Å². The summed E-state index contributed by atoms with van der Waals surface area (Å²) in [6.07, 6.45) is 3.19. The third-order valence-electron chi connectivity index (χ3n) is 3.68. The molecule has 0 atom stereocenters. The number of halogens is 2. The first-order valence-electron chi connectivity index (χ1n) is 7.34. The molecule has 0 aliphatic rings. The van der Waals surface area contributed by atoms with E-state index in [9.17, 15) is 4.79 Å². The van der Waals surface area contributed by atoms with Gasteiger partial charge in [-0.25, -0.2) is 4.98 Å². The molecule has 3 aromatic rings. The Kier molecular flexibility index (Phi) is 4.88. The molecule has 0 fully saturated rings. The van der Waals surface area contributed by atoms with E-state index >= 15 is 0 Å². The van der Waals surface area contributed by atoms with Crippen molar-refractivity contribution in [3.8, 4) is 5.69 Å². The van der Waals surface area contributed by atoms with Crippen LogP contribution in [0.2, 0.25) is 10.0 Å². The van der Waals surface area contributed by atoms with E-state index < -0.39 is 0 Å². The quantitative estimate of drug-likeness (QED) is 0.689. The Bertz CT molecular complexity index is 862. The summed E-state index contributed by atoms with van der Waals surface area (Å²) in [6, 6.07) is 15.0. The summed E-state index contributed by atoms with van der Waals surface area (Å²) >= 11 is 12.2. The van der Waals surface area contributed by atoms with Crippen LogP contribution in [0.5, 0.6) is 0 Å². The molecule has 0 saturated heterocycles. The lowest BCUT2D eigenvalue weighted by Crippen LogP contribution is -2.28. The van der Waals surface area contributed by atoms with Crippen molar-refractivity contribution >= 4 is 29.1 Å². The van der Waals surface area contributed by atoms with E-state index in [1.165, 1.54) is 0 Å². The van der Waals surface area contributed by atoms with Crippen LogP contribution in [0.25, 0.3) is 5.69 Å². The summed E-state index contributed by atoms with van der Waals surface area (Å²) < 4.78 is 1.76. The molecule has 0 unspecified atom stereocenters. The number of hydrogen-bond donors (Lipinski definition) is 0. The Hall–Kier alpha value is -2.30. The summed E-state index contributed by atoms with van der Waals surface area (Å²) in [5.41, 5.74) is 2.17. The number of carbonyl (C=O) groups excluding carboxylic acids is 1. The number of hydrogen-bond acceptors (Lipinski definition) is 2. The maximum Gasteiger partial charge on any atom is 0.272 e. The van der Waals surface area contributed by atoms with Crippen LogP contribution >= 0.6 is 23.2 Å². The number of nitrogens with zero attached hydrogens (tertiary/aromatic N) is 3. The highest BCUT2D eigenvalue weighted by molar-refractivity contribution is 6.42. The average Bonchev–Trinajstić information content (AvgIpc) is 3.08. The Labute approximate surface area is 150 Å². The number of benzene rings is 2. The second-order valence-electron chi connectivity index (χ2n) is 5.36. The van der Waals surface area contributed by atoms with Crippen molar-refractivity contribution in [3.63, 3.8) is 0 Å². The van der Waals surface area contributed by atoms with E-state index in [4.69, 9.17) is 23.2 Å². The van der Waals surface area contributed by atoms with E-state index in [2.05, 4.69) is 4.98 Å². The minimum Gasteiger partial charge on any atom is -0.336 e. The normalized spacial score (nSPS) is 10.6. The van der Waals surface area contributed by atoms with Gasteiger partial charge in [0.25, 0.3) is 5.91 Å². The summed E-state index contributed by atoms with van der Waals surface area (Å²) in [5, 5.41) is 0.944. The van der Waals surface area contributed by atoms with Gasteiger partial charge in [0, 0.05) is 19.3 Å². The van der Waals surface area contributed by atoms with Gasteiger partial charge in [0.1, 0.15) is 5.69 Å². The Morgan fingerprint density at radius 1 is 1.12 bits per heavy atom. The predicted molar refractivity (Wildman–Crippen MR) is 95.8 cm³/mol. The zero-order valence-corrected chi connectivity index (χ0v) is 14.5. The minimum atomic E-state index is -0.146. The monoisotopic (exact) mass is 359 g/mol. The lowest BCUT2D eigenvalue weighted by molar-refractivity contribution is 0.0777. The molecule has 0 N–H and O–H groups in total. The minimum absolute atomic E-state index is 0.146. The first kappa shape index (κ1) is 16.6. The number of para-hydroxylation sites is 1. The van der Waals surface area contributed by atoms with Crippen molar-refractivity contribution in [1.82, 2.24) is 14.5 Å². The van der Waals surface area contributed by atoms with E-state index in [1.54, 1.807) is 35.1 Å². The molecular weight excluding hydrogens is 345 g/mol. The van der Waals surface area contributed by atoms with Crippen LogP contribution in [0.4, 0.5) is 0 Å². The van der Waals surface area contributed by atoms with Crippen LogP contribution in [0, 0.1) is 0 Å². The number of aromatic nitrogens is 2. The maximum atomic E-state index is 12.8. The van der Waals surface area contributed by atoms with Crippen LogP contribution in [0.1, 0.15) is 16.1 Å². The van der Waals surface area contributed by atoms with E-state index in [0.717, 1.165) is 11.3 Å². The van der Waals surface area contributed by atoms with Gasteiger partial charge in [-0.2, -0.15) is 0 Å². The lowest BCUT2D eigenvalue weighted by atomic mass is 10.2. The molecule has 0 saturated carbocycles. The Morgan fingerprint density at radius 3 is 2.62 bits per heavy atom. The van der Waals surface area contributed by atoms with Crippen molar-refractivity contribution in [2.45, 2.75) is 6.54 Å². The number of amides is 1. The zero-order chi connectivity index (χ0) is 17.1. The molecule has 1 aromatic heterocycles. The van der Waals surface area contributed by atoms with Gasteiger partial charge < -0.3 is 4.90 Å². The van der Waals surface area contributed by atoms with E-state index in [1.807, 2.05) is 42.5 Å². The molecule has 1 amide bonds. The molecule has 24 heavy (non-hydrogen) atoms. The van der Waals surface area contributed by atoms with Crippen molar-refractivity contribution in [2.24, 2.45) is 0 Å². The highest BCUT2D eigenvalue weighted by atomic mass is 35.5. The maximum absolute atomic E-state index is 12.8. The Balaban J connectivity index is 1.85. The van der Waals surface area contributed by atoms with Gasteiger partial charge >= 0.3 is 0 Å². The first-order valence-corrected chi connectivity index (χ1v) is 8.09. The van der Waals surface area contributed by atoms with Gasteiger partial charge in [0.05, 0.1) is 22.6 Å². The third kappa shape index (κ3) is 3.30. The predicted octanol–water partition coefficient (Wildman–Crippen LogP) is 4.45. The van der Waals surface area contributed by atoms with Gasteiger partial charge in [-0.05, 0) is 23.8 Å². The fraction of sp³-hybridized carbons (Fsp3) is 0.111. The molecule has 0 bridgehead atoms. The van der Waals surface area contributed by atoms with Crippen LogP contribution in [-0.4, -0.2) is 27.4 Å². The van der Waals surface area contributed by atoms with Gasteiger partial charge in [0.2, 0.25) is 0 Å². The molecule has 6 heteroatoms. The number of carbonyl (C=O) groups is 1. The molecule has 0 radical (unpaired) electrons. The van der Waals surface area contributed by atoms with Crippen LogP contribution in [0.3, 0.4) is 0 Å². The van der Waals surface area contributed by atoms with Crippen molar-refractivity contribution in [2.75, 3.05) is 7.05 Å². The number of rotatable bonds is 4. The first-order chi connectivity index (χ1) is 11.6. The molecule has 122 valence electrons. The molecule has 1 heterocycles. The van der Waals surface area contributed by atoms with Crippen molar-refractivity contribution in [3.05, 3.63) is 82.4 Å². The fourth-order valence-corrected chi connectivity index (χ4v) is 2.82. The summed E-state index contributed by atoms with van der Waals surface area (Å²) in [7, 11) is 1.72. The van der Waals surface area contributed by atoms with Crippen LogP contribution in [0.15, 0.2) is 61.1 Å². The molecule has 0 aliphatic heterocycles. The van der Waals surface area contributed by atoms with Gasteiger partial charge in [-0.1, -0.05) is 53.5 Å². The highest BCUT2D eigenvalue weighted by Crippen LogP contribution is 2.26. The molecular formula is C18H15Cl2N3O. The van der Waals surface area contributed by atoms with E-state index in [0.29, 0.717) is 22.3 Å². The molecule has 4 nitrogen and oxygen atoms in total. The SMILES string of the molecule is CN(Cc1cccc(Cl)c1Cl)C(=O)c1cncn1-c1ccccc1. The van der Waals surface area contributed by atoms with Gasteiger partial charge in [-0.15, -0.1) is 0 Å². The topological polar surface area (TPSA) is 38.1 Å². The second kappa shape index (κ2) is 7.07. The van der Waals surface area contributed by atoms with Crippen LogP contribution in [-0.2, 0) is 6.54 Å². The molecule has 3 rings (SSSR count). The summed E-state index contributed by atoms with van der Waals surface area (Å²) in [5.74, 6) is -0.146. The lowest BCUT2D eigenvalue weighted by Gasteiger charge is -2.19. The average molecular weight is 360 g/mol. The smallest absolute Gasteiger partial charge is 0.272 e. The third-order valence-corrected chi connectivity index (χ3v) is 4.54. The standard InChI is InChI=1S/C18H15Cl2N3O/c1-22(11-13-6-5-9-15(19)17(13)20)18(24)16-10-21-12-23(16)14-7-3-2-4-8-14/h2-10,12H,11H2,1H3. The number of imidazole rings is 1. The highest BCUT2D eigenvalue weighted by Gasteiger charge is 2.18.